The van der Waals surface area contributed by atoms with Crippen LogP contribution in [0.25, 0.3) is 0 Å². The molecule has 1 heterocycles. The molecule has 0 aromatic rings. The van der Waals surface area contributed by atoms with Crippen molar-refractivity contribution in [3.05, 3.63) is 0 Å². The fraction of sp³-hybridized carbons (Fsp3) is 0.875. The van der Waals surface area contributed by atoms with Gasteiger partial charge < -0.3 is 10.4 Å². The van der Waals surface area contributed by atoms with E-state index in [0.717, 1.165) is 0 Å². The Kier molecular flexibility index (Phi) is 5.36. The molecular formula is C8H14ClNO4S2. The van der Waals surface area contributed by atoms with Gasteiger partial charge in [0, 0.05) is 5.75 Å². The first-order chi connectivity index (χ1) is 7.44. The summed E-state index contributed by atoms with van der Waals surface area (Å²) in [6, 6.07) is -0.492. The molecule has 0 aliphatic carbocycles. The van der Waals surface area contributed by atoms with Gasteiger partial charge in [-0.25, -0.2) is 8.42 Å². The summed E-state index contributed by atoms with van der Waals surface area (Å²) in [6.45, 7) is 0.0217. The Morgan fingerprint density at radius 1 is 1.50 bits per heavy atom. The summed E-state index contributed by atoms with van der Waals surface area (Å²) in [7, 11) is -3.11. The van der Waals surface area contributed by atoms with Crippen molar-refractivity contribution in [2.75, 3.05) is 29.6 Å². The molecule has 1 aliphatic rings. The lowest BCUT2D eigenvalue weighted by molar-refractivity contribution is -0.119. The Bertz CT molecular complexity index is 346. The quantitative estimate of drug-likeness (QED) is 0.513. The van der Waals surface area contributed by atoms with Gasteiger partial charge in [0.15, 0.2) is 9.84 Å². The van der Waals surface area contributed by atoms with Crippen LogP contribution in [0.15, 0.2) is 0 Å². The highest BCUT2D eigenvalue weighted by Crippen LogP contribution is 2.18. The van der Waals surface area contributed by atoms with Crippen LogP contribution < -0.4 is 5.32 Å². The van der Waals surface area contributed by atoms with E-state index in [9.17, 15) is 13.2 Å². The fourth-order valence-electron chi connectivity index (χ4n) is 1.41. The molecule has 5 nitrogen and oxygen atoms in total. The summed E-state index contributed by atoms with van der Waals surface area (Å²) in [6.07, 6.45) is 0. The predicted octanol–water partition coefficient (Wildman–Crippen LogP) is -0.767. The fourth-order valence-corrected chi connectivity index (χ4v) is 4.51. The first-order valence-electron chi connectivity index (χ1n) is 4.77. The molecule has 1 amide bonds. The Morgan fingerprint density at radius 3 is 2.69 bits per heavy atom. The van der Waals surface area contributed by atoms with Crippen molar-refractivity contribution >= 4 is 39.1 Å². The molecular weight excluding hydrogens is 274 g/mol. The average Bonchev–Trinajstić information content (AvgIpc) is 2.40. The van der Waals surface area contributed by atoms with Crippen molar-refractivity contribution < 1.29 is 18.3 Å². The smallest absolute Gasteiger partial charge is 0.230 e. The minimum atomic E-state index is -3.11. The second-order valence-electron chi connectivity index (χ2n) is 3.54. The van der Waals surface area contributed by atoms with E-state index in [-0.39, 0.29) is 29.8 Å². The van der Waals surface area contributed by atoms with E-state index >= 15 is 0 Å². The number of thioether (sulfide) groups is 1. The van der Waals surface area contributed by atoms with Gasteiger partial charge in [-0.3, -0.25) is 4.79 Å². The van der Waals surface area contributed by atoms with Crippen molar-refractivity contribution in [3.8, 4) is 0 Å². The Balaban J connectivity index is 2.35. The van der Waals surface area contributed by atoms with Gasteiger partial charge in [-0.15, -0.1) is 23.4 Å². The number of aliphatic hydroxyl groups is 1. The lowest BCUT2D eigenvalue weighted by Gasteiger charge is -2.13. The van der Waals surface area contributed by atoms with E-state index in [1.54, 1.807) is 0 Å². The van der Waals surface area contributed by atoms with E-state index in [0.29, 0.717) is 5.75 Å². The van der Waals surface area contributed by atoms with Crippen LogP contribution in [-0.2, 0) is 14.6 Å². The highest BCUT2D eigenvalue weighted by molar-refractivity contribution is 7.99. The zero-order valence-corrected chi connectivity index (χ0v) is 10.9. The normalized spacial score (nSPS) is 27.9. The number of hydrogen-bond donors (Lipinski definition) is 2. The third-order valence-corrected chi connectivity index (χ3v) is 5.41. The molecule has 0 spiro atoms. The van der Waals surface area contributed by atoms with E-state index < -0.39 is 21.3 Å². The standard InChI is InChI=1S/C8H14ClNO4S2/c9-6-4-16(13,14)5-7(6)10-8(12)3-15-2-1-11/h6-7,11H,1-5H2,(H,10,12). The molecule has 0 aromatic carbocycles. The maximum absolute atomic E-state index is 11.4. The van der Waals surface area contributed by atoms with Crippen LogP contribution in [0.2, 0.25) is 0 Å². The van der Waals surface area contributed by atoms with Gasteiger partial charge in [0.05, 0.1) is 35.3 Å². The SMILES string of the molecule is O=C(CSCCO)NC1CS(=O)(=O)CC1Cl. The zero-order valence-electron chi connectivity index (χ0n) is 8.56. The van der Waals surface area contributed by atoms with Crippen molar-refractivity contribution in [1.82, 2.24) is 5.32 Å². The number of nitrogens with one attached hydrogen (secondary N) is 1. The number of alkyl halides is 1. The summed E-state index contributed by atoms with van der Waals surface area (Å²) in [5.41, 5.74) is 0. The van der Waals surface area contributed by atoms with Crippen LogP contribution in [0.1, 0.15) is 0 Å². The maximum Gasteiger partial charge on any atom is 0.230 e. The van der Waals surface area contributed by atoms with E-state index in [2.05, 4.69) is 5.32 Å². The highest BCUT2D eigenvalue weighted by atomic mass is 35.5. The molecule has 94 valence electrons. The van der Waals surface area contributed by atoms with Crippen LogP contribution in [-0.4, -0.2) is 60.5 Å². The molecule has 1 fully saturated rings. The molecule has 2 N–H and O–H groups in total. The first kappa shape index (κ1) is 14.1. The van der Waals surface area contributed by atoms with Gasteiger partial charge in [-0.2, -0.15) is 0 Å². The molecule has 1 aliphatic heterocycles. The van der Waals surface area contributed by atoms with E-state index in [1.165, 1.54) is 11.8 Å². The maximum atomic E-state index is 11.4. The summed E-state index contributed by atoms with van der Waals surface area (Å²) >= 11 is 7.12. The summed E-state index contributed by atoms with van der Waals surface area (Å²) in [5.74, 6) is 0.286. The highest BCUT2D eigenvalue weighted by Gasteiger charge is 2.37. The number of sulfone groups is 1. The summed E-state index contributed by atoms with van der Waals surface area (Å²) in [4.78, 5) is 11.4. The Morgan fingerprint density at radius 2 is 2.19 bits per heavy atom. The molecule has 1 saturated heterocycles. The summed E-state index contributed by atoms with van der Waals surface area (Å²) in [5, 5.41) is 10.6. The van der Waals surface area contributed by atoms with Gasteiger partial charge in [-0.05, 0) is 0 Å². The molecule has 0 bridgehead atoms. The molecule has 0 radical (unpaired) electrons. The monoisotopic (exact) mass is 287 g/mol. The molecule has 0 aromatic heterocycles. The van der Waals surface area contributed by atoms with Gasteiger partial charge >= 0.3 is 0 Å². The van der Waals surface area contributed by atoms with Crippen LogP contribution in [0.4, 0.5) is 0 Å². The molecule has 8 heteroatoms. The van der Waals surface area contributed by atoms with Crippen molar-refractivity contribution in [2.45, 2.75) is 11.4 Å². The molecule has 2 atom stereocenters. The number of aliphatic hydroxyl groups excluding tert-OH is 1. The first-order valence-corrected chi connectivity index (χ1v) is 8.18. The number of halogens is 1. The summed E-state index contributed by atoms with van der Waals surface area (Å²) < 4.78 is 22.4. The van der Waals surface area contributed by atoms with Crippen LogP contribution >= 0.6 is 23.4 Å². The minimum Gasteiger partial charge on any atom is -0.396 e. The Labute approximate surface area is 104 Å². The van der Waals surface area contributed by atoms with Crippen LogP contribution in [0.3, 0.4) is 0 Å². The van der Waals surface area contributed by atoms with Crippen molar-refractivity contribution in [1.29, 1.82) is 0 Å². The molecule has 2 unspecified atom stereocenters. The minimum absolute atomic E-state index is 0.0217. The van der Waals surface area contributed by atoms with Gasteiger partial charge in [0.2, 0.25) is 5.91 Å². The third kappa shape index (κ3) is 4.48. The Hall–Kier alpha value is 0.0200. The lowest BCUT2D eigenvalue weighted by atomic mass is 10.2. The van der Waals surface area contributed by atoms with Gasteiger partial charge in [0.25, 0.3) is 0 Å². The van der Waals surface area contributed by atoms with Crippen molar-refractivity contribution in [3.63, 3.8) is 0 Å². The average molecular weight is 288 g/mol. The predicted molar refractivity (Wildman–Crippen MR) is 64.6 cm³/mol. The van der Waals surface area contributed by atoms with E-state index in [4.69, 9.17) is 16.7 Å². The van der Waals surface area contributed by atoms with Crippen molar-refractivity contribution in [2.24, 2.45) is 0 Å². The largest absolute Gasteiger partial charge is 0.396 e. The number of carbonyl (C=O) groups is 1. The lowest BCUT2D eigenvalue weighted by Crippen LogP contribution is -2.41. The van der Waals surface area contributed by atoms with Gasteiger partial charge in [0.1, 0.15) is 0 Å². The molecule has 16 heavy (non-hydrogen) atoms. The van der Waals surface area contributed by atoms with Crippen LogP contribution in [0, 0.1) is 0 Å². The number of amides is 1. The third-order valence-electron chi connectivity index (χ3n) is 2.10. The molecule has 0 saturated carbocycles. The zero-order chi connectivity index (χ0) is 12.2. The van der Waals surface area contributed by atoms with E-state index in [1.807, 2.05) is 0 Å². The number of carbonyl (C=O) groups excluding carboxylic acids is 1. The number of hydrogen-bond acceptors (Lipinski definition) is 5. The topological polar surface area (TPSA) is 83.5 Å². The second kappa shape index (κ2) is 6.09. The molecule has 1 rings (SSSR count). The number of rotatable bonds is 5. The van der Waals surface area contributed by atoms with Gasteiger partial charge in [-0.1, -0.05) is 0 Å². The van der Waals surface area contributed by atoms with Crippen LogP contribution in [0.5, 0.6) is 0 Å². The second-order valence-corrected chi connectivity index (χ2v) is 7.36.